The van der Waals surface area contributed by atoms with Crippen molar-refractivity contribution in [2.24, 2.45) is 0 Å². The van der Waals surface area contributed by atoms with Crippen LogP contribution in [0, 0.1) is 0 Å². The summed E-state index contributed by atoms with van der Waals surface area (Å²) in [7, 11) is -3.07. The first kappa shape index (κ1) is 19.2. The maximum atomic E-state index is 11.6. The summed E-state index contributed by atoms with van der Waals surface area (Å²) in [6.07, 6.45) is 2.87. The molecule has 1 unspecified atom stereocenters. The number of piperidine rings is 1. The van der Waals surface area contributed by atoms with E-state index >= 15 is 0 Å². The minimum atomic E-state index is -3.07. The van der Waals surface area contributed by atoms with Crippen molar-refractivity contribution in [2.75, 3.05) is 26.0 Å². The van der Waals surface area contributed by atoms with Crippen molar-refractivity contribution in [2.45, 2.75) is 31.5 Å². The second-order valence-corrected chi connectivity index (χ2v) is 9.41. The summed E-state index contributed by atoms with van der Waals surface area (Å²) in [6.45, 7) is 2.47. The summed E-state index contributed by atoms with van der Waals surface area (Å²) >= 11 is 0. The Hall–Kier alpha value is -2.09. The van der Waals surface area contributed by atoms with E-state index in [9.17, 15) is 8.42 Å². The Morgan fingerprint density at radius 2 is 1.71 bits per heavy atom. The third-order valence-corrected chi connectivity index (χ3v) is 6.68. The number of nitrogens with one attached hydrogen (secondary N) is 1. The van der Waals surface area contributed by atoms with Gasteiger partial charge in [-0.15, -0.1) is 0 Å². The van der Waals surface area contributed by atoms with Crippen molar-refractivity contribution in [3.8, 4) is 11.5 Å². The maximum absolute atomic E-state index is 11.6. The smallest absolute Gasteiger partial charge is 0.211 e. The van der Waals surface area contributed by atoms with Crippen LogP contribution in [0.1, 0.15) is 30.1 Å². The van der Waals surface area contributed by atoms with Gasteiger partial charge in [-0.3, -0.25) is 0 Å². The lowest BCUT2D eigenvalue weighted by Gasteiger charge is -2.30. The molecule has 1 saturated heterocycles. The number of rotatable bonds is 5. The lowest BCUT2D eigenvalue weighted by atomic mass is 10.0. The van der Waals surface area contributed by atoms with Crippen molar-refractivity contribution >= 4 is 10.0 Å². The van der Waals surface area contributed by atoms with E-state index < -0.39 is 10.0 Å². The highest BCUT2D eigenvalue weighted by Crippen LogP contribution is 2.35. The first-order valence-electron chi connectivity index (χ1n) is 9.65. The number of sulfonamides is 1. The number of hydrogen-bond donors (Lipinski definition) is 1. The summed E-state index contributed by atoms with van der Waals surface area (Å²) in [4.78, 5) is 0. The molecule has 2 aromatic rings. The highest BCUT2D eigenvalue weighted by Gasteiger charge is 2.25. The Balaban J connectivity index is 1.29. The molecule has 2 heterocycles. The quantitative estimate of drug-likeness (QED) is 0.833. The monoisotopic (exact) mass is 402 g/mol. The van der Waals surface area contributed by atoms with Crippen LogP contribution in [0.2, 0.25) is 0 Å². The highest BCUT2D eigenvalue weighted by molar-refractivity contribution is 7.88. The molecular formula is C21H26N2O4S. The van der Waals surface area contributed by atoms with E-state index in [2.05, 4.69) is 29.6 Å². The van der Waals surface area contributed by atoms with Crippen LogP contribution >= 0.6 is 0 Å². The number of hydrogen-bond acceptors (Lipinski definition) is 5. The van der Waals surface area contributed by atoms with Crippen molar-refractivity contribution in [1.29, 1.82) is 0 Å². The molecule has 0 bridgehead atoms. The zero-order chi connectivity index (χ0) is 19.6. The topological polar surface area (TPSA) is 67.9 Å². The number of nitrogens with zero attached hydrogens (tertiary/aromatic N) is 1. The molecule has 0 aromatic heterocycles. The second-order valence-electron chi connectivity index (χ2n) is 7.42. The summed E-state index contributed by atoms with van der Waals surface area (Å²) in [5.74, 6) is 1.58. The number of fused-ring (bicyclic) bond motifs is 1. The predicted molar refractivity (Wildman–Crippen MR) is 108 cm³/mol. The third kappa shape index (κ3) is 4.48. The number of para-hydroxylation sites is 2. The fourth-order valence-corrected chi connectivity index (χ4v) is 4.56. The van der Waals surface area contributed by atoms with Crippen molar-refractivity contribution < 1.29 is 17.9 Å². The molecule has 1 fully saturated rings. The van der Waals surface area contributed by atoms with Gasteiger partial charge in [-0.2, -0.15) is 0 Å². The normalized spacial score (nSPS) is 20.8. The Morgan fingerprint density at radius 1 is 1.04 bits per heavy atom. The molecular weight excluding hydrogens is 376 g/mol. The molecule has 0 spiro atoms. The molecule has 2 aliphatic rings. The number of benzene rings is 2. The largest absolute Gasteiger partial charge is 0.485 e. The third-order valence-electron chi connectivity index (χ3n) is 5.38. The van der Waals surface area contributed by atoms with E-state index in [1.54, 1.807) is 4.31 Å². The van der Waals surface area contributed by atoms with Crippen LogP contribution in [0.5, 0.6) is 11.5 Å². The summed E-state index contributed by atoms with van der Waals surface area (Å²) < 4.78 is 36.6. The van der Waals surface area contributed by atoms with Gasteiger partial charge in [-0.1, -0.05) is 36.4 Å². The predicted octanol–water partition coefficient (Wildman–Crippen LogP) is 2.71. The second kappa shape index (κ2) is 8.11. The van der Waals surface area contributed by atoms with Gasteiger partial charge in [0.2, 0.25) is 10.0 Å². The fourth-order valence-electron chi connectivity index (χ4n) is 3.69. The summed E-state index contributed by atoms with van der Waals surface area (Å²) in [5.41, 5.74) is 2.30. The van der Waals surface area contributed by atoms with Crippen molar-refractivity contribution in [1.82, 2.24) is 9.62 Å². The Morgan fingerprint density at radius 3 is 2.39 bits per heavy atom. The molecule has 7 heteroatoms. The SMILES string of the molecule is CS(=O)(=O)N1CCC(NCc2ccc(C3COc4ccccc4O3)cc2)CC1. The van der Waals surface area contributed by atoms with E-state index in [0.717, 1.165) is 36.4 Å². The van der Waals surface area contributed by atoms with Gasteiger partial charge in [-0.25, -0.2) is 12.7 Å². The molecule has 0 aliphatic carbocycles. The number of ether oxygens (including phenoxy) is 2. The fraction of sp³-hybridized carbons (Fsp3) is 0.429. The van der Waals surface area contributed by atoms with Gasteiger partial charge in [0.05, 0.1) is 6.26 Å². The standard InChI is InChI=1S/C21H26N2O4S/c1-28(24,25)23-12-10-18(11-13-23)22-14-16-6-8-17(9-7-16)21-15-26-19-4-2-3-5-20(19)27-21/h2-9,18,21-22H,10-15H2,1H3. The zero-order valence-electron chi connectivity index (χ0n) is 16.0. The van der Waals surface area contributed by atoms with Gasteiger partial charge < -0.3 is 14.8 Å². The Kier molecular flexibility index (Phi) is 5.57. The molecule has 1 N–H and O–H groups in total. The zero-order valence-corrected chi connectivity index (χ0v) is 16.8. The Labute approximate surface area is 166 Å². The maximum Gasteiger partial charge on any atom is 0.211 e. The molecule has 150 valence electrons. The molecule has 4 rings (SSSR count). The van der Waals surface area contributed by atoms with Crippen molar-refractivity contribution in [3.63, 3.8) is 0 Å². The molecule has 0 amide bonds. The van der Waals surface area contributed by atoms with Gasteiger partial charge in [0.25, 0.3) is 0 Å². The van der Waals surface area contributed by atoms with Gasteiger partial charge in [0.15, 0.2) is 17.6 Å². The molecule has 28 heavy (non-hydrogen) atoms. The summed E-state index contributed by atoms with van der Waals surface area (Å²) in [6, 6.07) is 16.5. The first-order valence-corrected chi connectivity index (χ1v) is 11.5. The van der Waals surface area contributed by atoms with Crippen LogP contribution < -0.4 is 14.8 Å². The van der Waals surface area contributed by atoms with E-state index in [0.29, 0.717) is 25.7 Å². The van der Waals surface area contributed by atoms with E-state index in [1.807, 2.05) is 24.3 Å². The van der Waals surface area contributed by atoms with Crippen LogP contribution in [0.3, 0.4) is 0 Å². The molecule has 6 nitrogen and oxygen atoms in total. The van der Waals surface area contributed by atoms with E-state index in [-0.39, 0.29) is 6.10 Å². The summed E-state index contributed by atoms with van der Waals surface area (Å²) in [5, 5.41) is 3.54. The minimum Gasteiger partial charge on any atom is -0.485 e. The molecule has 2 aliphatic heterocycles. The molecule has 1 atom stereocenters. The molecule has 0 radical (unpaired) electrons. The van der Waals surface area contributed by atoms with Crippen LogP contribution in [0.4, 0.5) is 0 Å². The van der Waals surface area contributed by atoms with E-state index in [4.69, 9.17) is 9.47 Å². The minimum absolute atomic E-state index is 0.0998. The lowest BCUT2D eigenvalue weighted by molar-refractivity contribution is 0.0913. The van der Waals surface area contributed by atoms with E-state index in [1.165, 1.54) is 11.8 Å². The van der Waals surface area contributed by atoms with Crippen LogP contribution in [0.15, 0.2) is 48.5 Å². The average molecular weight is 403 g/mol. The van der Waals surface area contributed by atoms with Crippen LogP contribution in [0.25, 0.3) is 0 Å². The molecule has 2 aromatic carbocycles. The lowest BCUT2D eigenvalue weighted by Crippen LogP contribution is -2.44. The van der Waals surface area contributed by atoms with Crippen molar-refractivity contribution in [3.05, 3.63) is 59.7 Å². The highest BCUT2D eigenvalue weighted by atomic mass is 32.2. The van der Waals surface area contributed by atoms with Gasteiger partial charge in [0, 0.05) is 25.7 Å². The van der Waals surface area contributed by atoms with Crippen LogP contribution in [-0.4, -0.2) is 44.7 Å². The first-order chi connectivity index (χ1) is 13.5. The van der Waals surface area contributed by atoms with Gasteiger partial charge >= 0.3 is 0 Å². The van der Waals surface area contributed by atoms with Crippen LogP contribution in [-0.2, 0) is 16.6 Å². The Bertz CT molecular complexity index is 906. The van der Waals surface area contributed by atoms with Gasteiger partial charge in [0.1, 0.15) is 6.61 Å². The van der Waals surface area contributed by atoms with Gasteiger partial charge in [-0.05, 0) is 36.1 Å². The average Bonchev–Trinajstić information content (AvgIpc) is 2.72. The molecule has 0 saturated carbocycles.